The number of benzene rings is 4. The fourth-order valence-electron chi connectivity index (χ4n) is 4.13. The summed E-state index contributed by atoms with van der Waals surface area (Å²) >= 11 is 0. The zero-order chi connectivity index (χ0) is 21.3. The van der Waals surface area contributed by atoms with E-state index in [1.54, 1.807) is 0 Å². The highest BCUT2D eigenvalue weighted by Crippen LogP contribution is 2.40. The second kappa shape index (κ2) is 8.30. The molecule has 0 saturated carbocycles. The van der Waals surface area contributed by atoms with Crippen LogP contribution in [0.2, 0.25) is 0 Å². The highest BCUT2D eigenvalue weighted by Gasteiger charge is 2.17. The summed E-state index contributed by atoms with van der Waals surface area (Å²) in [5.41, 5.74) is 11.5. The third-order valence-corrected chi connectivity index (χ3v) is 5.63. The molecule has 4 rings (SSSR count). The molecule has 4 aromatic rings. The van der Waals surface area contributed by atoms with Crippen LogP contribution in [0.5, 0.6) is 0 Å². The Bertz CT molecular complexity index is 1200. The van der Waals surface area contributed by atoms with E-state index in [-0.39, 0.29) is 0 Å². The molecule has 30 heavy (non-hydrogen) atoms. The van der Waals surface area contributed by atoms with E-state index in [9.17, 15) is 5.11 Å². The van der Waals surface area contributed by atoms with Crippen molar-refractivity contribution in [3.63, 3.8) is 0 Å². The maximum absolute atomic E-state index is 10.7. The van der Waals surface area contributed by atoms with Gasteiger partial charge in [0.15, 0.2) is 0 Å². The van der Waals surface area contributed by atoms with E-state index in [4.69, 9.17) is 0 Å². The first kappa shape index (κ1) is 20.1. The molecule has 1 heteroatoms. The molecule has 0 spiro atoms. The van der Waals surface area contributed by atoms with Crippen molar-refractivity contribution in [3.8, 4) is 33.4 Å². The summed E-state index contributed by atoms with van der Waals surface area (Å²) in [5.74, 6) is 0. The molecule has 0 amide bonds. The zero-order valence-corrected chi connectivity index (χ0v) is 18.1. The van der Waals surface area contributed by atoms with Gasteiger partial charge in [-0.1, -0.05) is 89.5 Å². The van der Waals surface area contributed by atoms with Crippen LogP contribution in [0.1, 0.15) is 35.3 Å². The highest BCUT2D eigenvalue weighted by molar-refractivity contribution is 5.89. The maximum Gasteiger partial charge on any atom is 0.0768 e. The number of aliphatic hydroxyl groups is 1. The van der Waals surface area contributed by atoms with Crippen molar-refractivity contribution in [1.29, 1.82) is 0 Å². The van der Waals surface area contributed by atoms with Gasteiger partial charge in [-0.2, -0.15) is 0 Å². The van der Waals surface area contributed by atoms with Gasteiger partial charge in [0.1, 0.15) is 0 Å². The average molecular weight is 393 g/mol. The lowest BCUT2D eigenvalue weighted by Crippen LogP contribution is -1.99. The molecule has 1 nitrogen and oxygen atoms in total. The predicted molar refractivity (Wildman–Crippen MR) is 128 cm³/mol. The Labute approximate surface area is 179 Å². The minimum atomic E-state index is -0.560. The van der Waals surface area contributed by atoms with Crippen LogP contribution in [-0.2, 0) is 0 Å². The summed E-state index contributed by atoms with van der Waals surface area (Å²) in [6.07, 6.45) is -0.560. The van der Waals surface area contributed by atoms with Crippen molar-refractivity contribution < 1.29 is 5.11 Å². The van der Waals surface area contributed by atoms with Crippen LogP contribution >= 0.6 is 0 Å². The van der Waals surface area contributed by atoms with Crippen LogP contribution in [0.25, 0.3) is 33.4 Å². The third-order valence-electron chi connectivity index (χ3n) is 5.63. The number of aliphatic hydroxyl groups excluding tert-OH is 1. The normalized spacial score (nSPS) is 12.0. The van der Waals surface area contributed by atoms with Crippen LogP contribution in [0.3, 0.4) is 0 Å². The van der Waals surface area contributed by atoms with Crippen LogP contribution in [0, 0.1) is 20.8 Å². The summed E-state index contributed by atoms with van der Waals surface area (Å²) in [5, 5.41) is 10.7. The van der Waals surface area contributed by atoms with Gasteiger partial charge in [-0.3, -0.25) is 0 Å². The van der Waals surface area contributed by atoms with Crippen LogP contribution in [-0.4, -0.2) is 5.11 Å². The summed E-state index contributed by atoms with van der Waals surface area (Å²) in [6.45, 7) is 8.20. The Hall–Kier alpha value is -3.16. The molecule has 0 unspecified atom stereocenters. The van der Waals surface area contributed by atoms with E-state index in [2.05, 4.69) is 106 Å². The topological polar surface area (TPSA) is 20.2 Å². The third kappa shape index (κ3) is 4.08. The van der Waals surface area contributed by atoms with Crippen molar-refractivity contribution in [3.05, 3.63) is 107 Å². The molecule has 150 valence electrons. The number of rotatable bonds is 4. The molecule has 0 saturated heterocycles. The standard InChI is InChI=1S/C29H28O/c1-19-8-5-11-23(14-19)27-18-29(25-13-7-10-21(3)16-25)28(17-26(27)22(4)30)24-12-6-9-20(2)15-24/h5-18,22,30H,1-4H3/t22-/m0/s1. The molecule has 0 radical (unpaired) electrons. The zero-order valence-electron chi connectivity index (χ0n) is 18.1. The smallest absolute Gasteiger partial charge is 0.0768 e. The lowest BCUT2D eigenvalue weighted by molar-refractivity contribution is 0.200. The largest absolute Gasteiger partial charge is 0.389 e. The van der Waals surface area contributed by atoms with Gasteiger partial charge in [0.05, 0.1) is 6.10 Å². The van der Waals surface area contributed by atoms with E-state index in [0.717, 1.165) is 22.3 Å². The molecule has 0 aromatic heterocycles. The minimum Gasteiger partial charge on any atom is -0.389 e. The fourth-order valence-corrected chi connectivity index (χ4v) is 4.13. The summed E-state index contributed by atoms with van der Waals surface area (Å²) in [4.78, 5) is 0. The van der Waals surface area contributed by atoms with E-state index in [1.807, 2.05) is 6.92 Å². The van der Waals surface area contributed by atoms with Gasteiger partial charge in [0.25, 0.3) is 0 Å². The van der Waals surface area contributed by atoms with Crippen molar-refractivity contribution in [2.24, 2.45) is 0 Å². The maximum atomic E-state index is 10.7. The Morgan fingerprint density at radius 3 is 1.33 bits per heavy atom. The molecular weight excluding hydrogens is 364 g/mol. The number of hydrogen-bond donors (Lipinski definition) is 1. The second-order valence-corrected chi connectivity index (χ2v) is 8.27. The number of aryl methyl sites for hydroxylation is 3. The lowest BCUT2D eigenvalue weighted by Gasteiger charge is -2.20. The molecule has 4 aromatic carbocycles. The molecule has 1 atom stereocenters. The van der Waals surface area contributed by atoms with Crippen molar-refractivity contribution in [1.82, 2.24) is 0 Å². The summed E-state index contributed by atoms with van der Waals surface area (Å²) < 4.78 is 0. The monoisotopic (exact) mass is 392 g/mol. The van der Waals surface area contributed by atoms with Crippen molar-refractivity contribution in [2.75, 3.05) is 0 Å². The second-order valence-electron chi connectivity index (χ2n) is 8.27. The molecule has 0 bridgehead atoms. The molecule has 1 N–H and O–H groups in total. The van der Waals surface area contributed by atoms with Crippen molar-refractivity contribution >= 4 is 0 Å². The van der Waals surface area contributed by atoms with Gasteiger partial charge in [0, 0.05) is 0 Å². The Morgan fingerprint density at radius 2 is 0.933 bits per heavy atom. The van der Waals surface area contributed by atoms with E-state index >= 15 is 0 Å². The molecule has 0 aliphatic heterocycles. The summed E-state index contributed by atoms with van der Waals surface area (Å²) in [7, 11) is 0. The number of hydrogen-bond acceptors (Lipinski definition) is 1. The SMILES string of the molecule is Cc1cccc(-c2cc(-c3cccc(C)c3)c([C@H](C)O)cc2-c2cccc(C)c2)c1. The Kier molecular flexibility index (Phi) is 5.57. The van der Waals surface area contributed by atoms with E-state index < -0.39 is 6.10 Å². The first-order valence-electron chi connectivity index (χ1n) is 10.5. The van der Waals surface area contributed by atoms with Gasteiger partial charge in [-0.05, 0) is 78.8 Å². The van der Waals surface area contributed by atoms with Gasteiger partial charge in [-0.25, -0.2) is 0 Å². The average Bonchev–Trinajstić information content (AvgIpc) is 2.72. The van der Waals surface area contributed by atoms with Gasteiger partial charge >= 0.3 is 0 Å². The van der Waals surface area contributed by atoms with Gasteiger partial charge < -0.3 is 5.11 Å². The fraction of sp³-hybridized carbons (Fsp3) is 0.172. The Balaban J connectivity index is 2.05. The van der Waals surface area contributed by atoms with E-state index in [0.29, 0.717) is 0 Å². The van der Waals surface area contributed by atoms with Gasteiger partial charge in [-0.15, -0.1) is 0 Å². The summed E-state index contributed by atoms with van der Waals surface area (Å²) in [6, 6.07) is 30.2. The molecule has 0 heterocycles. The molecular formula is C29H28O. The molecule has 0 fully saturated rings. The highest BCUT2D eigenvalue weighted by atomic mass is 16.3. The first-order valence-corrected chi connectivity index (χ1v) is 10.5. The van der Waals surface area contributed by atoms with Crippen LogP contribution in [0.15, 0.2) is 84.9 Å². The van der Waals surface area contributed by atoms with Gasteiger partial charge in [0.2, 0.25) is 0 Å². The predicted octanol–water partition coefficient (Wildman–Crippen LogP) is 7.67. The Morgan fingerprint density at radius 1 is 0.533 bits per heavy atom. The molecule has 0 aliphatic rings. The van der Waals surface area contributed by atoms with Crippen LogP contribution in [0.4, 0.5) is 0 Å². The van der Waals surface area contributed by atoms with Crippen LogP contribution < -0.4 is 0 Å². The van der Waals surface area contributed by atoms with Crippen molar-refractivity contribution in [2.45, 2.75) is 33.8 Å². The minimum absolute atomic E-state index is 0.560. The quantitative estimate of drug-likeness (QED) is 0.378. The van der Waals surface area contributed by atoms with E-state index in [1.165, 1.54) is 33.4 Å². The lowest BCUT2D eigenvalue weighted by atomic mass is 9.85. The first-order chi connectivity index (χ1) is 14.4. The molecule has 0 aliphatic carbocycles.